The van der Waals surface area contributed by atoms with Gasteiger partial charge in [0.25, 0.3) is 0 Å². The van der Waals surface area contributed by atoms with Gasteiger partial charge in [0, 0.05) is 62.3 Å². The number of amides is 4. The molecule has 43 heavy (non-hydrogen) atoms. The molecule has 2 atom stereocenters. The highest BCUT2D eigenvalue weighted by molar-refractivity contribution is 5.97. The Balaban J connectivity index is 0.000000225. The van der Waals surface area contributed by atoms with Crippen LogP contribution in [-0.4, -0.2) is 75.5 Å². The summed E-state index contributed by atoms with van der Waals surface area (Å²) in [5.74, 6) is 0.172. The zero-order valence-corrected chi connectivity index (χ0v) is 24.6. The van der Waals surface area contributed by atoms with E-state index in [-0.39, 0.29) is 56.0 Å². The van der Waals surface area contributed by atoms with E-state index in [4.69, 9.17) is 20.9 Å². The number of benzene rings is 2. The molecule has 4 aliphatic rings. The summed E-state index contributed by atoms with van der Waals surface area (Å²) in [6, 6.07) is 11.4. The van der Waals surface area contributed by atoms with Crippen molar-refractivity contribution in [2.75, 3.05) is 58.9 Å². The molecule has 4 aliphatic heterocycles. The highest BCUT2D eigenvalue weighted by atomic mass is 35.5. The first-order valence-corrected chi connectivity index (χ1v) is 13.9. The van der Waals surface area contributed by atoms with Gasteiger partial charge in [-0.2, -0.15) is 0 Å². The van der Waals surface area contributed by atoms with E-state index in [1.54, 1.807) is 21.6 Å². The van der Waals surface area contributed by atoms with Crippen molar-refractivity contribution in [3.8, 4) is 0 Å². The first kappa shape index (κ1) is 33.6. The van der Waals surface area contributed by atoms with Crippen LogP contribution in [-0.2, 0) is 31.9 Å². The average Bonchev–Trinajstić information content (AvgIpc) is 3.76. The summed E-state index contributed by atoms with van der Waals surface area (Å²) in [6.07, 6.45) is 0.919. The summed E-state index contributed by atoms with van der Waals surface area (Å²) >= 11 is 0. The number of hydrogen-bond donors (Lipinski definition) is 2. The second-order valence-corrected chi connectivity index (χ2v) is 10.4. The standard InChI is InChI=1S/C15H19N3O3.C14H17N3O3.CH4.ClH/c1-2-14(19)17-6-5-10-7-11(3-4-13(10)17)18-9-12(8-16)21-15(18)20;1-9(18)16-5-4-10-6-11(2-3-13(10)16)17-8-12(7-15)20-14(17)19;;/h3-4,7,12H,2,5-6,8-9,16H2,1H3;2-3,6,12H,4-5,7-8,15H2,1H3;1H4;1H/t2*12-;;/m00../s1. The first-order valence-electron chi connectivity index (χ1n) is 13.9. The molecule has 0 bridgehead atoms. The van der Waals surface area contributed by atoms with Crippen LogP contribution in [0.5, 0.6) is 0 Å². The molecule has 4 amide bonds. The average molecular weight is 617 g/mol. The largest absolute Gasteiger partial charge is 0.443 e. The molecule has 4 N–H and O–H groups in total. The minimum absolute atomic E-state index is 0. The van der Waals surface area contributed by atoms with E-state index in [9.17, 15) is 19.2 Å². The topological polar surface area (TPSA) is 152 Å². The maximum atomic E-state index is 11.9. The van der Waals surface area contributed by atoms with E-state index in [2.05, 4.69) is 0 Å². The van der Waals surface area contributed by atoms with Crippen molar-refractivity contribution < 1.29 is 28.7 Å². The van der Waals surface area contributed by atoms with Crippen molar-refractivity contribution in [3.63, 3.8) is 0 Å². The van der Waals surface area contributed by atoms with Gasteiger partial charge in [0.15, 0.2) is 0 Å². The second kappa shape index (κ2) is 14.1. The normalized spacial score (nSPS) is 19.9. The minimum Gasteiger partial charge on any atom is -0.443 e. The number of ether oxygens (including phenoxy) is 2. The zero-order chi connectivity index (χ0) is 29.3. The molecule has 4 heterocycles. The van der Waals surface area contributed by atoms with Crippen molar-refractivity contribution in [3.05, 3.63) is 47.5 Å². The molecule has 0 aromatic heterocycles. The van der Waals surface area contributed by atoms with Crippen LogP contribution in [0.15, 0.2) is 36.4 Å². The molecule has 234 valence electrons. The molecule has 13 heteroatoms. The number of carbonyl (C=O) groups is 4. The number of rotatable bonds is 5. The zero-order valence-electron chi connectivity index (χ0n) is 23.8. The van der Waals surface area contributed by atoms with Gasteiger partial charge in [-0.15, -0.1) is 12.4 Å². The quantitative estimate of drug-likeness (QED) is 0.520. The van der Waals surface area contributed by atoms with Crippen LogP contribution in [0.4, 0.5) is 32.3 Å². The number of nitrogens with two attached hydrogens (primary N) is 2. The second-order valence-electron chi connectivity index (χ2n) is 10.4. The maximum Gasteiger partial charge on any atom is 0.414 e. The van der Waals surface area contributed by atoms with E-state index in [0.29, 0.717) is 45.7 Å². The molecule has 0 spiro atoms. The van der Waals surface area contributed by atoms with Crippen molar-refractivity contribution in [1.29, 1.82) is 0 Å². The van der Waals surface area contributed by atoms with Gasteiger partial charge in [-0.05, 0) is 60.4 Å². The lowest BCUT2D eigenvalue weighted by Crippen LogP contribution is -2.28. The maximum absolute atomic E-state index is 11.9. The van der Waals surface area contributed by atoms with Crippen molar-refractivity contribution >= 4 is 59.2 Å². The van der Waals surface area contributed by atoms with Crippen LogP contribution in [0.2, 0.25) is 0 Å². The van der Waals surface area contributed by atoms with Crippen molar-refractivity contribution in [2.24, 2.45) is 11.5 Å². The van der Waals surface area contributed by atoms with Crippen molar-refractivity contribution in [1.82, 2.24) is 0 Å². The molecule has 6 rings (SSSR count). The Kier molecular flexibility index (Phi) is 11.0. The van der Waals surface area contributed by atoms with Crippen LogP contribution in [0.1, 0.15) is 38.8 Å². The van der Waals surface area contributed by atoms with Gasteiger partial charge in [0.05, 0.1) is 13.1 Å². The minimum atomic E-state index is -0.359. The Morgan fingerprint density at radius 2 is 1.26 bits per heavy atom. The Morgan fingerprint density at radius 3 is 1.65 bits per heavy atom. The smallest absolute Gasteiger partial charge is 0.414 e. The number of anilines is 4. The lowest BCUT2D eigenvalue weighted by atomic mass is 10.1. The summed E-state index contributed by atoms with van der Waals surface area (Å²) in [4.78, 5) is 53.8. The molecule has 0 saturated carbocycles. The summed E-state index contributed by atoms with van der Waals surface area (Å²) in [5, 5.41) is 0. The summed E-state index contributed by atoms with van der Waals surface area (Å²) in [7, 11) is 0. The Morgan fingerprint density at radius 1 is 0.814 bits per heavy atom. The molecule has 2 fully saturated rings. The molecule has 0 radical (unpaired) electrons. The van der Waals surface area contributed by atoms with Gasteiger partial charge >= 0.3 is 12.2 Å². The monoisotopic (exact) mass is 616 g/mol. The fourth-order valence-corrected chi connectivity index (χ4v) is 5.60. The van der Waals surface area contributed by atoms with Crippen LogP contribution in [0, 0.1) is 0 Å². The Bertz CT molecular complexity index is 1370. The van der Waals surface area contributed by atoms with E-state index in [1.165, 1.54) is 0 Å². The van der Waals surface area contributed by atoms with E-state index < -0.39 is 0 Å². The van der Waals surface area contributed by atoms with Crippen LogP contribution >= 0.6 is 12.4 Å². The third-order valence-electron chi connectivity index (χ3n) is 7.80. The molecule has 0 unspecified atom stereocenters. The van der Waals surface area contributed by atoms with Gasteiger partial charge in [0.1, 0.15) is 12.2 Å². The summed E-state index contributed by atoms with van der Waals surface area (Å²) in [6.45, 7) is 6.44. The van der Waals surface area contributed by atoms with Gasteiger partial charge in [-0.3, -0.25) is 19.4 Å². The molecular formula is C30H41ClN6O6. The molecule has 2 aromatic rings. The van der Waals surface area contributed by atoms with Crippen molar-refractivity contribution in [2.45, 2.75) is 52.7 Å². The van der Waals surface area contributed by atoms with Gasteiger partial charge in [-0.25, -0.2) is 9.59 Å². The highest BCUT2D eigenvalue weighted by Gasteiger charge is 2.34. The predicted molar refractivity (Wildman–Crippen MR) is 168 cm³/mol. The Labute approximate surface area is 258 Å². The third-order valence-corrected chi connectivity index (χ3v) is 7.80. The lowest BCUT2D eigenvalue weighted by Gasteiger charge is -2.18. The van der Waals surface area contributed by atoms with Crippen LogP contribution < -0.4 is 31.1 Å². The van der Waals surface area contributed by atoms with Crippen LogP contribution in [0.25, 0.3) is 0 Å². The molecule has 2 aromatic carbocycles. The SMILES string of the molecule is C.CC(=O)N1CCc2cc(N3C[C@H](CN)OC3=O)ccc21.CCC(=O)N1CCc2cc(N3C[C@H](CN)OC3=O)ccc21.Cl. The van der Waals surface area contributed by atoms with E-state index >= 15 is 0 Å². The number of nitrogens with zero attached hydrogens (tertiary/aromatic N) is 4. The molecule has 12 nitrogen and oxygen atoms in total. The molecular weight excluding hydrogens is 576 g/mol. The molecule has 0 aliphatic carbocycles. The van der Waals surface area contributed by atoms with E-state index in [0.717, 1.165) is 46.7 Å². The highest BCUT2D eigenvalue weighted by Crippen LogP contribution is 2.34. The predicted octanol–water partition coefficient (Wildman–Crippen LogP) is 3.21. The number of carbonyl (C=O) groups excluding carboxylic acids is 4. The fourth-order valence-electron chi connectivity index (χ4n) is 5.60. The first-order chi connectivity index (χ1) is 19.7. The van der Waals surface area contributed by atoms with Gasteiger partial charge < -0.3 is 30.7 Å². The fraction of sp³-hybridized carbons (Fsp3) is 0.467. The van der Waals surface area contributed by atoms with E-state index in [1.807, 2.05) is 48.2 Å². The Hall–Kier alpha value is -3.87. The summed E-state index contributed by atoms with van der Waals surface area (Å²) < 4.78 is 10.3. The third kappa shape index (κ3) is 6.71. The number of halogens is 1. The van der Waals surface area contributed by atoms with Crippen LogP contribution in [0.3, 0.4) is 0 Å². The summed E-state index contributed by atoms with van der Waals surface area (Å²) in [5.41, 5.74) is 16.7. The molecule has 2 saturated heterocycles. The lowest BCUT2D eigenvalue weighted by molar-refractivity contribution is -0.118. The number of cyclic esters (lactones) is 2. The number of fused-ring (bicyclic) bond motifs is 2. The van der Waals surface area contributed by atoms with Gasteiger partial charge in [0.2, 0.25) is 11.8 Å². The number of hydrogen-bond acceptors (Lipinski definition) is 8. The van der Waals surface area contributed by atoms with Gasteiger partial charge in [-0.1, -0.05) is 14.4 Å².